The molecule has 0 spiro atoms. The summed E-state index contributed by atoms with van der Waals surface area (Å²) in [5.74, 6) is 0.111. The molecule has 39 heavy (non-hydrogen) atoms. The van der Waals surface area contributed by atoms with E-state index >= 15 is 0 Å². The molecule has 0 atom stereocenters. The molecule has 9 heteroatoms. The van der Waals surface area contributed by atoms with E-state index in [4.69, 9.17) is 0 Å². The van der Waals surface area contributed by atoms with Crippen LogP contribution in [0.3, 0.4) is 0 Å². The Kier molecular flexibility index (Phi) is 7.73. The maximum Gasteiger partial charge on any atom is 0.270 e. The molecule has 1 fully saturated rings. The van der Waals surface area contributed by atoms with Crippen molar-refractivity contribution >= 4 is 17.9 Å². The van der Waals surface area contributed by atoms with E-state index in [1.807, 2.05) is 42.5 Å². The Morgan fingerprint density at radius 3 is 2.36 bits per heavy atom. The van der Waals surface area contributed by atoms with Gasteiger partial charge in [-0.2, -0.15) is 15.6 Å². The lowest BCUT2D eigenvalue weighted by atomic mass is 10.1. The number of aromatic nitrogens is 2. The molecule has 9 nitrogen and oxygen atoms in total. The summed E-state index contributed by atoms with van der Waals surface area (Å²) in [7, 11) is 0. The van der Waals surface area contributed by atoms with E-state index in [-0.39, 0.29) is 17.2 Å². The minimum Gasteiger partial charge on any atom is -0.368 e. The predicted octanol–water partition coefficient (Wildman–Crippen LogP) is 3.95. The Bertz CT molecular complexity index is 1610. The van der Waals surface area contributed by atoms with Crippen LogP contribution in [0.25, 0.3) is 11.3 Å². The van der Waals surface area contributed by atoms with Gasteiger partial charge in [-0.05, 0) is 23.3 Å². The number of rotatable bonds is 7. The van der Waals surface area contributed by atoms with Crippen molar-refractivity contribution in [3.63, 3.8) is 0 Å². The maximum absolute atomic E-state index is 12.4. The first-order chi connectivity index (χ1) is 19.1. The van der Waals surface area contributed by atoms with Crippen molar-refractivity contribution in [3.05, 3.63) is 111 Å². The molecule has 4 aromatic rings. The van der Waals surface area contributed by atoms with Gasteiger partial charge in [0.2, 0.25) is 5.95 Å². The van der Waals surface area contributed by atoms with Gasteiger partial charge in [0.05, 0.1) is 23.2 Å². The number of anilines is 2. The number of piperazine rings is 1. The van der Waals surface area contributed by atoms with Gasteiger partial charge >= 0.3 is 0 Å². The van der Waals surface area contributed by atoms with Crippen LogP contribution < -0.4 is 15.9 Å². The van der Waals surface area contributed by atoms with Gasteiger partial charge in [0, 0.05) is 38.3 Å². The van der Waals surface area contributed by atoms with Crippen LogP contribution in [0.15, 0.2) is 88.8 Å². The second kappa shape index (κ2) is 11.9. The third-order valence-corrected chi connectivity index (χ3v) is 6.57. The molecule has 0 radical (unpaired) electrons. The second-order valence-electron chi connectivity index (χ2n) is 9.12. The number of hydrazone groups is 1. The lowest BCUT2D eigenvalue weighted by Gasteiger charge is -2.36. The van der Waals surface area contributed by atoms with Gasteiger partial charge in [-0.25, -0.2) is 10.4 Å². The van der Waals surface area contributed by atoms with Crippen molar-refractivity contribution < 1.29 is 0 Å². The minimum absolute atomic E-state index is 0.0640. The Balaban J connectivity index is 1.26. The highest BCUT2D eigenvalue weighted by Gasteiger charge is 2.19. The molecule has 5 rings (SSSR count). The first-order valence-corrected chi connectivity index (χ1v) is 12.6. The van der Waals surface area contributed by atoms with E-state index in [1.165, 1.54) is 5.56 Å². The molecule has 1 saturated heterocycles. The zero-order valence-electron chi connectivity index (χ0n) is 21.2. The minimum atomic E-state index is -0.552. The molecule has 0 unspecified atom stereocenters. The quantitative estimate of drug-likeness (QED) is 0.283. The number of hydrogen-bond donors (Lipinski definition) is 2. The molecule has 3 aromatic carbocycles. The number of nitrogens with one attached hydrogen (secondary N) is 2. The highest BCUT2D eigenvalue weighted by molar-refractivity contribution is 5.82. The Morgan fingerprint density at radius 2 is 1.67 bits per heavy atom. The predicted molar refractivity (Wildman–Crippen MR) is 151 cm³/mol. The van der Waals surface area contributed by atoms with Crippen molar-refractivity contribution in [3.8, 4) is 23.4 Å². The van der Waals surface area contributed by atoms with E-state index in [9.17, 15) is 15.3 Å². The van der Waals surface area contributed by atoms with Crippen LogP contribution in [0, 0.1) is 22.7 Å². The molecule has 0 amide bonds. The highest BCUT2D eigenvalue weighted by Crippen LogP contribution is 2.23. The lowest BCUT2D eigenvalue weighted by molar-refractivity contribution is 0.250. The van der Waals surface area contributed by atoms with Crippen molar-refractivity contribution in [2.45, 2.75) is 6.54 Å². The van der Waals surface area contributed by atoms with Gasteiger partial charge < -0.3 is 4.90 Å². The first-order valence-electron chi connectivity index (χ1n) is 12.6. The normalized spacial score (nSPS) is 13.6. The summed E-state index contributed by atoms with van der Waals surface area (Å²) in [6, 6.07) is 29.4. The van der Waals surface area contributed by atoms with Crippen LogP contribution in [0.2, 0.25) is 0 Å². The van der Waals surface area contributed by atoms with Gasteiger partial charge in [0.15, 0.2) is 0 Å². The molecule has 192 valence electrons. The molecule has 0 bridgehead atoms. The highest BCUT2D eigenvalue weighted by atomic mass is 16.1. The van der Waals surface area contributed by atoms with Crippen molar-refractivity contribution in [1.82, 2.24) is 14.9 Å². The zero-order chi connectivity index (χ0) is 27.0. The number of aromatic amines is 1. The Hall–Kier alpha value is -5.25. The third-order valence-electron chi connectivity index (χ3n) is 6.57. The Labute approximate surface area is 226 Å². The van der Waals surface area contributed by atoms with Gasteiger partial charge in [-0.3, -0.25) is 14.7 Å². The number of H-pyrrole nitrogens is 1. The molecule has 1 aliphatic heterocycles. The Morgan fingerprint density at radius 1 is 0.949 bits per heavy atom. The lowest BCUT2D eigenvalue weighted by Crippen LogP contribution is -2.46. The summed E-state index contributed by atoms with van der Waals surface area (Å²) in [5.41, 5.74) is 6.56. The molecule has 2 N–H and O–H groups in total. The van der Waals surface area contributed by atoms with Gasteiger partial charge in [-0.1, -0.05) is 66.7 Å². The van der Waals surface area contributed by atoms with E-state index < -0.39 is 5.56 Å². The monoisotopic (exact) mass is 514 g/mol. The van der Waals surface area contributed by atoms with Gasteiger partial charge in [0.1, 0.15) is 17.7 Å². The van der Waals surface area contributed by atoms with E-state index in [0.29, 0.717) is 11.1 Å². The fourth-order valence-corrected chi connectivity index (χ4v) is 4.59. The van der Waals surface area contributed by atoms with E-state index in [0.717, 1.165) is 44.0 Å². The summed E-state index contributed by atoms with van der Waals surface area (Å²) < 4.78 is 0. The first kappa shape index (κ1) is 25.4. The van der Waals surface area contributed by atoms with E-state index in [1.54, 1.807) is 24.4 Å². The molecular weight excluding hydrogens is 488 g/mol. The van der Waals surface area contributed by atoms with Gasteiger partial charge in [-0.15, -0.1) is 0 Å². The molecule has 0 saturated carbocycles. The molecule has 0 aliphatic carbocycles. The summed E-state index contributed by atoms with van der Waals surface area (Å²) in [6.45, 7) is 4.46. The van der Waals surface area contributed by atoms with Crippen LogP contribution in [-0.4, -0.2) is 47.3 Å². The topological polar surface area (TPSA) is 124 Å². The smallest absolute Gasteiger partial charge is 0.270 e. The van der Waals surface area contributed by atoms with Crippen LogP contribution in [0.4, 0.5) is 11.6 Å². The third kappa shape index (κ3) is 6.02. The van der Waals surface area contributed by atoms with Gasteiger partial charge in [0.25, 0.3) is 5.56 Å². The zero-order valence-corrected chi connectivity index (χ0v) is 21.2. The van der Waals surface area contributed by atoms with E-state index in [2.05, 4.69) is 60.6 Å². The number of hydrogen-bond acceptors (Lipinski definition) is 8. The van der Waals surface area contributed by atoms with Crippen LogP contribution >= 0.6 is 0 Å². The van der Waals surface area contributed by atoms with Crippen LogP contribution in [0.1, 0.15) is 22.3 Å². The summed E-state index contributed by atoms with van der Waals surface area (Å²) in [4.78, 5) is 24.0. The van der Waals surface area contributed by atoms with Crippen LogP contribution in [-0.2, 0) is 6.54 Å². The summed E-state index contributed by atoms with van der Waals surface area (Å²) in [6.07, 6.45) is 1.56. The molecule has 1 aliphatic rings. The summed E-state index contributed by atoms with van der Waals surface area (Å²) in [5, 5.41) is 23.4. The molecule has 1 aromatic heterocycles. The number of benzene rings is 3. The van der Waals surface area contributed by atoms with Crippen LogP contribution in [0.5, 0.6) is 0 Å². The maximum atomic E-state index is 12.4. The number of nitrogens with zero attached hydrogens (tertiary/aromatic N) is 6. The average molecular weight is 515 g/mol. The standard InChI is InChI=1S/C30H26N8O/c31-18-25-17-23(11-12-27(25)38-15-13-37(14-16-38)21-22-7-3-1-4-8-22)20-33-36-30-34-28(24-9-5-2-6-10-24)26(19-32)29(39)35-30/h1-12,17,20H,13-16,21H2,(H2,34,35,36,39). The fourth-order valence-electron chi connectivity index (χ4n) is 4.59. The van der Waals surface area contributed by atoms with Crippen molar-refractivity contribution in [1.29, 1.82) is 10.5 Å². The average Bonchev–Trinajstić information content (AvgIpc) is 2.98. The second-order valence-corrected chi connectivity index (χ2v) is 9.12. The SMILES string of the molecule is N#Cc1cc(C=NNc2nc(-c3ccccc3)c(C#N)c(=O)[nH]2)ccc1N1CCN(Cc2ccccc2)CC1. The molecule has 2 heterocycles. The largest absolute Gasteiger partial charge is 0.368 e. The van der Waals surface area contributed by atoms with Crippen molar-refractivity contribution in [2.75, 3.05) is 36.5 Å². The fraction of sp³-hybridized carbons (Fsp3) is 0.167. The van der Waals surface area contributed by atoms with Crippen molar-refractivity contribution in [2.24, 2.45) is 5.10 Å². The summed E-state index contributed by atoms with van der Waals surface area (Å²) >= 11 is 0. The molecular formula is C30H26N8O. The number of nitriles is 2.